The smallest absolute Gasteiger partial charge is 0.319 e. The molecule has 2 atom stereocenters. The van der Waals surface area contributed by atoms with Gasteiger partial charge in [0.15, 0.2) is 0 Å². The number of carbonyl (C=O) groups excluding carboxylic acids is 1. The Balaban J connectivity index is 2.39. The number of carbonyl (C=O) groups is 1. The summed E-state index contributed by atoms with van der Waals surface area (Å²) in [5.74, 6) is 0. The lowest BCUT2D eigenvalue weighted by molar-refractivity contribution is -0.384. The summed E-state index contributed by atoms with van der Waals surface area (Å²) in [6, 6.07) is 5.16. The van der Waals surface area contributed by atoms with E-state index in [4.69, 9.17) is 0 Å². The van der Waals surface area contributed by atoms with Crippen LogP contribution in [0.3, 0.4) is 0 Å². The number of hydrogen-bond donors (Lipinski definition) is 2. The van der Waals surface area contributed by atoms with E-state index in [-0.39, 0.29) is 10.9 Å². The van der Waals surface area contributed by atoms with Crippen molar-refractivity contribution < 1.29 is 13.9 Å². The zero-order chi connectivity index (χ0) is 15.1. The molecule has 0 saturated carbocycles. The van der Waals surface area contributed by atoms with Gasteiger partial charge in [0.25, 0.3) is 5.69 Å². The second-order valence-corrected chi connectivity index (χ2v) is 6.08. The Morgan fingerprint density at radius 2 is 2.00 bits per heavy atom. The Hall–Kier alpha value is -1.96. The average Bonchev–Trinajstić information content (AvgIpc) is 2.39. The molecule has 0 radical (unpaired) electrons. The number of nitro benzene ring substituents is 1. The summed E-state index contributed by atoms with van der Waals surface area (Å²) in [5, 5.41) is 15.7. The predicted molar refractivity (Wildman–Crippen MR) is 78.3 cm³/mol. The maximum absolute atomic E-state index is 11.6. The van der Waals surface area contributed by atoms with Crippen LogP contribution in [0.5, 0.6) is 0 Å². The van der Waals surface area contributed by atoms with E-state index in [2.05, 4.69) is 10.6 Å². The van der Waals surface area contributed by atoms with Gasteiger partial charge in [-0.2, -0.15) is 0 Å². The zero-order valence-electron chi connectivity index (χ0n) is 11.3. The second kappa shape index (κ2) is 7.59. The third-order valence-corrected chi connectivity index (χ3v) is 4.11. The number of nitrogens with zero attached hydrogens (tertiary/aromatic N) is 1. The first-order valence-corrected chi connectivity index (χ1v) is 7.64. The first-order chi connectivity index (χ1) is 9.40. The minimum Gasteiger partial charge on any atom is -0.338 e. The Bertz CT molecular complexity index is 504. The number of rotatable bonds is 6. The fourth-order valence-electron chi connectivity index (χ4n) is 1.40. The lowest BCUT2D eigenvalue weighted by atomic mass is 10.3. The molecule has 0 spiro atoms. The second-order valence-electron chi connectivity index (χ2n) is 4.28. The van der Waals surface area contributed by atoms with Gasteiger partial charge in [0.1, 0.15) is 0 Å². The molecular formula is C12H17N3O4S. The van der Waals surface area contributed by atoms with Crippen molar-refractivity contribution in [2.75, 3.05) is 18.1 Å². The highest BCUT2D eigenvalue weighted by molar-refractivity contribution is 7.84. The number of anilines is 1. The van der Waals surface area contributed by atoms with Crippen LogP contribution in [0.4, 0.5) is 16.2 Å². The number of hydrogen-bond acceptors (Lipinski definition) is 4. The van der Waals surface area contributed by atoms with Crippen LogP contribution in [-0.2, 0) is 10.8 Å². The molecule has 0 aliphatic rings. The topological polar surface area (TPSA) is 101 Å². The van der Waals surface area contributed by atoms with Gasteiger partial charge in [-0.3, -0.25) is 14.3 Å². The summed E-state index contributed by atoms with van der Waals surface area (Å²) >= 11 is 0. The Morgan fingerprint density at radius 3 is 2.50 bits per heavy atom. The summed E-state index contributed by atoms with van der Waals surface area (Å²) in [5.41, 5.74) is 0.440. The molecule has 1 aromatic carbocycles. The molecule has 0 saturated heterocycles. The molecule has 0 fully saturated rings. The molecule has 7 nitrogen and oxygen atoms in total. The molecule has 0 aromatic heterocycles. The van der Waals surface area contributed by atoms with Crippen LogP contribution in [0.15, 0.2) is 24.3 Å². The molecule has 0 aliphatic carbocycles. The van der Waals surface area contributed by atoms with Gasteiger partial charge in [0.2, 0.25) is 0 Å². The average molecular weight is 299 g/mol. The van der Waals surface area contributed by atoms with Crippen molar-refractivity contribution >= 4 is 28.2 Å². The fraction of sp³-hybridized carbons (Fsp3) is 0.417. The first-order valence-electron chi connectivity index (χ1n) is 6.01. The molecule has 20 heavy (non-hydrogen) atoms. The number of nitro groups is 1. The third kappa shape index (κ3) is 5.35. The molecule has 1 rings (SSSR count). The third-order valence-electron chi connectivity index (χ3n) is 2.74. The maximum Gasteiger partial charge on any atom is 0.319 e. The van der Waals surface area contributed by atoms with E-state index in [0.29, 0.717) is 18.7 Å². The van der Waals surface area contributed by atoms with Crippen LogP contribution < -0.4 is 10.6 Å². The Morgan fingerprint density at radius 1 is 1.40 bits per heavy atom. The number of benzene rings is 1. The molecule has 8 heteroatoms. The van der Waals surface area contributed by atoms with E-state index in [1.54, 1.807) is 6.26 Å². The van der Waals surface area contributed by atoms with Gasteiger partial charge in [-0.05, 0) is 18.6 Å². The molecule has 110 valence electrons. The minimum absolute atomic E-state index is 0.0228. The van der Waals surface area contributed by atoms with Gasteiger partial charge >= 0.3 is 6.03 Å². The van der Waals surface area contributed by atoms with Crippen molar-refractivity contribution in [3.63, 3.8) is 0 Å². The van der Waals surface area contributed by atoms with Gasteiger partial charge in [0, 0.05) is 46.7 Å². The van der Waals surface area contributed by atoms with Crippen molar-refractivity contribution in [3.8, 4) is 0 Å². The number of non-ortho nitro benzene ring substituents is 1. The van der Waals surface area contributed by atoms with E-state index >= 15 is 0 Å². The van der Waals surface area contributed by atoms with E-state index < -0.39 is 21.8 Å². The van der Waals surface area contributed by atoms with Crippen LogP contribution in [-0.4, -0.2) is 33.2 Å². The molecule has 2 unspecified atom stereocenters. The molecule has 2 amide bonds. The largest absolute Gasteiger partial charge is 0.338 e. The standard InChI is InChI=1S/C12H17N3O4S/c1-9(20(2)19)7-8-13-12(16)14-10-3-5-11(6-4-10)15(17)18/h3-6,9H,7-8H2,1-2H3,(H2,13,14,16). The van der Waals surface area contributed by atoms with Crippen LogP contribution in [0.1, 0.15) is 13.3 Å². The van der Waals surface area contributed by atoms with Gasteiger partial charge in [0.05, 0.1) is 4.92 Å². The predicted octanol–water partition coefficient (Wildman–Crippen LogP) is 1.87. The monoisotopic (exact) mass is 299 g/mol. The summed E-state index contributed by atoms with van der Waals surface area (Å²) in [4.78, 5) is 21.5. The zero-order valence-corrected chi connectivity index (χ0v) is 12.1. The van der Waals surface area contributed by atoms with Crippen molar-refractivity contribution in [2.24, 2.45) is 0 Å². The fourth-order valence-corrected chi connectivity index (χ4v) is 1.85. The molecule has 0 bridgehead atoms. The Labute approximate surface area is 119 Å². The summed E-state index contributed by atoms with van der Waals surface area (Å²) in [7, 11) is -0.906. The highest BCUT2D eigenvalue weighted by atomic mass is 32.2. The minimum atomic E-state index is -0.906. The lowest BCUT2D eigenvalue weighted by Gasteiger charge is -2.10. The van der Waals surface area contributed by atoms with E-state index in [1.807, 2.05) is 6.92 Å². The Kier molecular flexibility index (Phi) is 6.10. The molecule has 1 aromatic rings. The first kappa shape index (κ1) is 16.1. The van der Waals surface area contributed by atoms with Crippen LogP contribution in [0, 0.1) is 10.1 Å². The number of urea groups is 1. The van der Waals surface area contributed by atoms with Crippen molar-refractivity contribution in [1.29, 1.82) is 0 Å². The van der Waals surface area contributed by atoms with E-state index in [1.165, 1.54) is 24.3 Å². The van der Waals surface area contributed by atoms with Crippen LogP contribution in [0.2, 0.25) is 0 Å². The highest BCUT2D eigenvalue weighted by Crippen LogP contribution is 2.15. The van der Waals surface area contributed by atoms with Gasteiger partial charge < -0.3 is 10.6 Å². The van der Waals surface area contributed by atoms with E-state index in [0.717, 1.165) is 0 Å². The lowest BCUT2D eigenvalue weighted by Crippen LogP contribution is -2.31. The van der Waals surface area contributed by atoms with Gasteiger partial charge in [-0.15, -0.1) is 0 Å². The van der Waals surface area contributed by atoms with Crippen LogP contribution in [0.25, 0.3) is 0 Å². The normalized spacial score (nSPS) is 13.3. The molecule has 0 heterocycles. The highest BCUT2D eigenvalue weighted by Gasteiger charge is 2.08. The van der Waals surface area contributed by atoms with Crippen molar-refractivity contribution in [1.82, 2.24) is 5.32 Å². The SMILES string of the molecule is CC(CCNC(=O)Nc1ccc([N+](=O)[O-])cc1)S(C)=O. The maximum atomic E-state index is 11.6. The van der Waals surface area contributed by atoms with Crippen molar-refractivity contribution in [2.45, 2.75) is 18.6 Å². The summed E-state index contributed by atoms with van der Waals surface area (Å²) in [6.07, 6.45) is 2.25. The van der Waals surface area contributed by atoms with Crippen molar-refractivity contribution in [3.05, 3.63) is 34.4 Å². The summed E-state index contributed by atoms with van der Waals surface area (Å²) < 4.78 is 11.1. The number of amides is 2. The van der Waals surface area contributed by atoms with Gasteiger partial charge in [-0.25, -0.2) is 4.79 Å². The molecular weight excluding hydrogens is 282 g/mol. The van der Waals surface area contributed by atoms with E-state index in [9.17, 15) is 19.1 Å². The molecule has 2 N–H and O–H groups in total. The number of nitrogens with one attached hydrogen (secondary N) is 2. The van der Waals surface area contributed by atoms with Crippen LogP contribution >= 0.6 is 0 Å². The quantitative estimate of drug-likeness (QED) is 0.618. The summed E-state index contributed by atoms with van der Waals surface area (Å²) in [6.45, 7) is 2.27. The molecule has 0 aliphatic heterocycles. The van der Waals surface area contributed by atoms with Gasteiger partial charge in [-0.1, -0.05) is 6.92 Å².